The number of aryl methyl sites for hydroxylation is 2. The third kappa shape index (κ3) is 3.36. The third-order valence-electron chi connectivity index (χ3n) is 6.47. The van der Waals surface area contributed by atoms with Crippen LogP contribution in [0.3, 0.4) is 0 Å². The van der Waals surface area contributed by atoms with Crippen molar-refractivity contribution in [3.8, 4) is 11.3 Å². The van der Waals surface area contributed by atoms with Crippen molar-refractivity contribution in [2.75, 3.05) is 13.7 Å². The molecule has 1 aromatic carbocycles. The Morgan fingerprint density at radius 2 is 2.06 bits per heavy atom. The van der Waals surface area contributed by atoms with Crippen molar-refractivity contribution in [1.82, 2.24) is 24.6 Å². The van der Waals surface area contributed by atoms with Crippen LogP contribution in [-0.4, -0.2) is 55.0 Å². The van der Waals surface area contributed by atoms with Crippen LogP contribution in [0.15, 0.2) is 23.3 Å². The molecule has 33 heavy (non-hydrogen) atoms. The molecule has 2 aliphatic rings. The minimum Gasteiger partial charge on any atom is -0.394 e. The first kappa shape index (κ1) is 21.7. The van der Waals surface area contributed by atoms with Gasteiger partial charge in [-0.25, -0.2) is 4.98 Å². The van der Waals surface area contributed by atoms with Gasteiger partial charge >= 0.3 is 0 Å². The lowest BCUT2D eigenvalue weighted by atomic mass is 9.88. The normalized spacial score (nSPS) is 17.3. The summed E-state index contributed by atoms with van der Waals surface area (Å²) >= 11 is 6.78. The van der Waals surface area contributed by atoms with Gasteiger partial charge in [0.2, 0.25) is 0 Å². The molecule has 1 N–H and O–H groups in total. The fourth-order valence-electron chi connectivity index (χ4n) is 4.79. The second-order valence-electron chi connectivity index (χ2n) is 8.65. The molecule has 2 aliphatic heterocycles. The SMILES string of the molecule is Cc1ccc2c(c1Cl)[C@@H](C)C1=NCc3ncc(nc31)-c1c(C)nn(CCO)c1CN(C)C2=O. The van der Waals surface area contributed by atoms with Crippen molar-refractivity contribution >= 4 is 23.2 Å². The van der Waals surface area contributed by atoms with Gasteiger partial charge in [0.15, 0.2) is 0 Å². The maximum atomic E-state index is 13.7. The summed E-state index contributed by atoms with van der Waals surface area (Å²) in [5.74, 6) is -0.360. The number of carbonyl (C=O) groups is 1. The largest absolute Gasteiger partial charge is 0.394 e. The number of halogens is 1. The number of aliphatic imine (C=N–C) groups is 1. The molecule has 0 radical (unpaired) electrons. The zero-order valence-electron chi connectivity index (χ0n) is 19.1. The summed E-state index contributed by atoms with van der Waals surface area (Å²) in [6.07, 6.45) is 1.75. The van der Waals surface area contributed by atoms with Crippen molar-refractivity contribution in [1.29, 1.82) is 0 Å². The van der Waals surface area contributed by atoms with Gasteiger partial charge in [-0.2, -0.15) is 5.10 Å². The molecule has 1 amide bonds. The van der Waals surface area contributed by atoms with Gasteiger partial charge in [0.1, 0.15) is 5.69 Å². The van der Waals surface area contributed by atoms with Gasteiger partial charge in [-0.05, 0) is 31.0 Å². The Balaban J connectivity index is 1.81. The Hall–Kier alpha value is -3.10. The first-order valence-electron chi connectivity index (χ1n) is 10.9. The number of aromatic nitrogens is 4. The zero-order valence-corrected chi connectivity index (χ0v) is 19.8. The van der Waals surface area contributed by atoms with E-state index in [0.717, 1.165) is 45.2 Å². The average Bonchev–Trinajstić information content (AvgIpc) is 3.34. The highest BCUT2D eigenvalue weighted by Crippen LogP contribution is 2.37. The van der Waals surface area contributed by atoms with Crippen molar-refractivity contribution in [3.63, 3.8) is 0 Å². The Labute approximate surface area is 197 Å². The van der Waals surface area contributed by atoms with E-state index in [9.17, 15) is 9.90 Å². The first-order chi connectivity index (χ1) is 15.8. The number of fused-ring (bicyclic) bond motifs is 4. The van der Waals surface area contributed by atoms with Gasteiger partial charge < -0.3 is 10.0 Å². The molecule has 0 aliphatic carbocycles. The Bertz CT molecular complexity index is 1330. The molecule has 2 aromatic heterocycles. The number of hydrogen-bond acceptors (Lipinski definition) is 6. The Morgan fingerprint density at radius 3 is 2.82 bits per heavy atom. The molecule has 4 heterocycles. The zero-order chi connectivity index (χ0) is 23.4. The average molecular weight is 465 g/mol. The lowest BCUT2D eigenvalue weighted by Crippen LogP contribution is -2.30. The van der Waals surface area contributed by atoms with Crippen LogP contribution in [0.1, 0.15) is 57.1 Å². The molecule has 0 spiro atoms. The fourth-order valence-corrected chi connectivity index (χ4v) is 5.11. The minimum atomic E-state index is -0.229. The number of aliphatic hydroxyl groups is 1. The van der Waals surface area contributed by atoms with Crippen LogP contribution in [0.5, 0.6) is 0 Å². The highest BCUT2D eigenvalue weighted by molar-refractivity contribution is 6.33. The predicted molar refractivity (Wildman–Crippen MR) is 126 cm³/mol. The lowest BCUT2D eigenvalue weighted by molar-refractivity contribution is 0.0780. The van der Waals surface area contributed by atoms with Crippen LogP contribution in [-0.2, 0) is 19.6 Å². The third-order valence-corrected chi connectivity index (χ3v) is 6.97. The summed E-state index contributed by atoms with van der Waals surface area (Å²) in [5, 5.41) is 14.8. The van der Waals surface area contributed by atoms with Crippen molar-refractivity contribution in [3.05, 3.63) is 62.8 Å². The van der Waals surface area contributed by atoms with E-state index < -0.39 is 0 Å². The van der Waals surface area contributed by atoms with Crippen molar-refractivity contribution < 1.29 is 9.90 Å². The van der Waals surface area contributed by atoms with Crippen molar-refractivity contribution in [2.45, 2.75) is 46.3 Å². The minimum absolute atomic E-state index is 0.0624. The predicted octanol–water partition coefficient (Wildman–Crippen LogP) is 3.29. The monoisotopic (exact) mass is 464 g/mol. The van der Waals surface area contributed by atoms with E-state index in [2.05, 4.69) is 10.1 Å². The highest BCUT2D eigenvalue weighted by Gasteiger charge is 2.33. The van der Waals surface area contributed by atoms with E-state index in [1.54, 1.807) is 22.8 Å². The number of nitrogens with zero attached hydrogens (tertiary/aromatic N) is 6. The molecular formula is C24H25ClN6O2. The molecule has 0 fully saturated rings. The number of hydrogen-bond donors (Lipinski definition) is 1. The summed E-state index contributed by atoms with van der Waals surface area (Å²) in [6.45, 7) is 6.87. The van der Waals surface area contributed by atoms with E-state index >= 15 is 0 Å². The molecule has 0 unspecified atom stereocenters. The molecule has 3 aromatic rings. The van der Waals surface area contributed by atoms with Crippen LogP contribution in [0.2, 0.25) is 5.02 Å². The van der Waals surface area contributed by atoms with Gasteiger partial charge in [0.25, 0.3) is 5.91 Å². The van der Waals surface area contributed by atoms with Crippen LogP contribution in [0, 0.1) is 13.8 Å². The van der Waals surface area contributed by atoms with E-state index in [1.807, 2.05) is 32.9 Å². The highest BCUT2D eigenvalue weighted by atomic mass is 35.5. The maximum Gasteiger partial charge on any atom is 0.254 e. The van der Waals surface area contributed by atoms with Crippen LogP contribution >= 0.6 is 11.6 Å². The summed E-state index contributed by atoms with van der Waals surface area (Å²) in [6, 6.07) is 3.72. The van der Waals surface area contributed by atoms with Crippen LogP contribution < -0.4 is 0 Å². The van der Waals surface area contributed by atoms with Gasteiger partial charge in [-0.3, -0.25) is 19.5 Å². The molecule has 1 atom stereocenters. The molecule has 8 nitrogen and oxygen atoms in total. The molecule has 9 heteroatoms. The standard InChI is InChI=1S/C24H25ClN6O2/c1-12-5-6-15-19(21(12)25)13(2)22-23-17(10-27-22)26-9-16(28-23)20-14(3)29-31(7-8-32)18(20)11-30(4)24(15)33/h5-6,9,13,32H,7-8,10-11H2,1-4H3/t13-/m1/s1. The van der Waals surface area contributed by atoms with Crippen LogP contribution in [0.25, 0.3) is 11.3 Å². The second kappa shape index (κ2) is 8.04. The molecule has 170 valence electrons. The summed E-state index contributed by atoms with van der Waals surface area (Å²) in [7, 11) is 1.76. The smallest absolute Gasteiger partial charge is 0.254 e. The first-order valence-corrected chi connectivity index (χ1v) is 11.3. The number of rotatable bonds is 2. The van der Waals surface area contributed by atoms with E-state index in [1.165, 1.54) is 0 Å². The molecule has 2 bridgehead atoms. The lowest BCUT2D eigenvalue weighted by Gasteiger charge is -2.25. The maximum absolute atomic E-state index is 13.7. The number of amides is 1. The number of benzene rings is 1. The van der Waals surface area contributed by atoms with E-state index in [-0.39, 0.29) is 18.4 Å². The van der Waals surface area contributed by atoms with Crippen LogP contribution in [0.4, 0.5) is 0 Å². The summed E-state index contributed by atoms with van der Waals surface area (Å²) < 4.78 is 1.75. The van der Waals surface area contributed by atoms with Gasteiger partial charge in [0, 0.05) is 29.1 Å². The second-order valence-corrected chi connectivity index (χ2v) is 9.02. The summed E-state index contributed by atoms with van der Waals surface area (Å²) in [5.41, 5.74) is 7.64. The van der Waals surface area contributed by atoms with Gasteiger partial charge in [-0.15, -0.1) is 0 Å². The molecule has 0 saturated carbocycles. The Kier molecular flexibility index (Phi) is 5.29. The van der Waals surface area contributed by atoms with Gasteiger partial charge in [0.05, 0.1) is 60.9 Å². The van der Waals surface area contributed by atoms with Gasteiger partial charge in [-0.1, -0.05) is 24.6 Å². The van der Waals surface area contributed by atoms with E-state index in [0.29, 0.717) is 35.9 Å². The Morgan fingerprint density at radius 1 is 1.27 bits per heavy atom. The summed E-state index contributed by atoms with van der Waals surface area (Å²) in [4.78, 5) is 29.8. The number of aliphatic hydroxyl groups excluding tert-OH is 1. The molecule has 0 saturated heterocycles. The molecule has 5 rings (SSSR count). The van der Waals surface area contributed by atoms with Crippen molar-refractivity contribution in [2.24, 2.45) is 4.99 Å². The number of carbonyl (C=O) groups excluding carboxylic acids is 1. The quantitative estimate of drug-likeness (QED) is 0.627. The fraction of sp³-hybridized carbons (Fsp3) is 0.375. The topological polar surface area (TPSA) is 96.5 Å². The molecular weight excluding hydrogens is 440 g/mol. The van der Waals surface area contributed by atoms with E-state index in [4.69, 9.17) is 21.6 Å².